The van der Waals surface area contributed by atoms with Gasteiger partial charge >= 0.3 is 0 Å². The summed E-state index contributed by atoms with van der Waals surface area (Å²) in [6.07, 6.45) is 8.34. The van der Waals surface area contributed by atoms with E-state index in [0.29, 0.717) is 36.1 Å². The molecular weight excluding hydrogens is 391 g/mol. The number of carbonyl (C=O) groups excluding carboxylic acids is 2. The summed E-state index contributed by atoms with van der Waals surface area (Å²) < 4.78 is 14.1. The molecule has 0 radical (unpaired) electrons. The average Bonchev–Trinajstić information content (AvgIpc) is 3.07. The third-order valence-corrected chi connectivity index (χ3v) is 9.98. The second kappa shape index (κ2) is 7.31. The van der Waals surface area contributed by atoms with Crippen molar-refractivity contribution in [2.24, 2.45) is 28.6 Å². The number of carbonyl (C=O) groups is 2. The number of halogens is 1. The van der Waals surface area contributed by atoms with E-state index in [1.54, 1.807) is 18.2 Å². The first-order valence-corrected chi connectivity index (χ1v) is 12.1. The quantitative estimate of drug-likeness (QED) is 0.739. The van der Waals surface area contributed by atoms with E-state index in [1.807, 2.05) is 11.9 Å². The van der Waals surface area contributed by atoms with E-state index in [2.05, 4.69) is 19.2 Å². The second-order valence-corrected chi connectivity index (χ2v) is 11.1. The lowest BCUT2D eigenvalue weighted by Gasteiger charge is -2.61. The highest BCUT2D eigenvalue weighted by molar-refractivity contribution is 5.94. The molecule has 1 saturated heterocycles. The summed E-state index contributed by atoms with van der Waals surface area (Å²) in [4.78, 5) is 27.2. The molecule has 0 bridgehead atoms. The third kappa shape index (κ3) is 3.06. The summed E-state index contributed by atoms with van der Waals surface area (Å²) in [5.74, 6) is 1.48. The van der Waals surface area contributed by atoms with Crippen molar-refractivity contribution < 1.29 is 14.0 Å². The van der Waals surface area contributed by atoms with E-state index in [1.165, 1.54) is 18.9 Å². The molecule has 4 fully saturated rings. The monoisotopic (exact) mass is 426 g/mol. The topological polar surface area (TPSA) is 49.4 Å². The molecule has 4 nitrogen and oxygen atoms in total. The van der Waals surface area contributed by atoms with E-state index in [-0.39, 0.29) is 28.3 Å². The molecule has 1 aromatic rings. The lowest BCUT2D eigenvalue weighted by atomic mass is 9.47. The van der Waals surface area contributed by atoms with Gasteiger partial charge in [-0.3, -0.25) is 9.59 Å². The van der Waals surface area contributed by atoms with Gasteiger partial charge in [0, 0.05) is 25.6 Å². The predicted octanol–water partition coefficient (Wildman–Crippen LogP) is 4.79. The first kappa shape index (κ1) is 21.0. The Bertz CT molecular complexity index is 903. The molecule has 1 N–H and O–H groups in total. The molecule has 3 aliphatic carbocycles. The maximum absolute atomic E-state index is 14.1. The number of nitrogens with one attached hydrogen (secondary N) is 1. The zero-order valence-electron chi connectivity index (χ0n) is 19.0. The Hall–Kier alpha value is -1.91. The number of hydrogen-bond donors (Lipinski definition) is 1. The summed E-state index contributed by atoms with van der Waals surface area (Å²) in [5.41, 5.74) is 0.425. The fourth-order valence-corrected chi connectivity index (χ4v) is 8.27. The largest absolute Gasteiger partial charge is 0.349 e. The smallest absolute Gasteiger partial charge is 0.254 e. The van der Waals surface area contributed by atoms with E-state index in [9.17, 15) is 14.0 Å². The molecule has 1 aromatic carbocycles. The van der Waals surface area contributed by atoms with Crippen LogP contribution < -0.4 is 5.32 Å². The van der Waals surface area contributed by atoms with Gasteiger partial charge in [0.15, 0.2) is 0 Å². The normalized spacial score (nSPS) is 41.9. The molecular formula is C26H35FN2O2. The van der Waals surface area contributed by atoms with Crippen molar-refractivity contribution in [2.45, 2.75) is 77.3 Å². The first-order valence-electron chi connectivity index (χ1n) is 12.1. The fourth-order valence-electron chi connectivity index (χ4n) is 8.27. The predicted molar refractivity (Wildman–Crippen MR) is 118 cm³/mol. The first-order chi connectivity index (χ1) is 14.8. The van der Waals surface area contributed by atoms with E-state index in [0.717, 1.165) is 32.1 Å². The Balaban J connectivity index is 1.36. The number of likely N-dealkylation sites (tertiary alicyclic amines) is 1. The van der Waals surface area contributed by atoms with Crippen LogP contribution in [-0.4, -0.2) is 35.8 Å². The van der Waals surface area contributed by atoms with Crippen LogP contribution in [0.15, 0.2) is 24.3 Å². The van der Waals surface area contributed by atoms with Crippen LogP contribution in [0.3, 0.4) is 0 Å². The van der Waals surface area contributed by atoms with Crippen molar-refractivity contribution in [3.8, 4) is 0 Å². The maximum atomic E-state index is 14.1. The molecule has 0 aromatic heterocycles. The van der Waals surface area contributed by atoms with Crippen molar-refractivity contribution >= 4 is 11.8 Å². The number of hydrogen-bond acceptors (Lipinski definition) is 2. The minimum absolute atomic E-state index is 0.0711. The Morgan fingerprint density at radius 3 is 2.55 bits per heavy atom. The summed E-state index contributed by atoms with van der Waals surface area (Å²) in [7, 11) is 2.00. The van der Waals surface area contributed by atoms with Gasteiger partial charge in [0.25, 0.3) is 5.91 Å². The van der Waals surface area contributed by atoms with Gasteiger partial charge in [-0.25, -0.2) is 4.39 Å². The fraction of sp³-hybridized carbons (Fsp3) is 0.692. The molecule has 5 rings (SSSR count). The number of fused-ring (bicyclic) bond motifs is 5. The van der Waals surface area contributed by atoms with Crippen LogP contribution in [0, 0.1) is 34.4 Å². The molecule has 2 unspecified atom stereocenters. The van der Waals surface area contributed by atoms with Crippen LogP contribution >= 0.6 is 0 Å². The average molecular weight is 427 g/mol. The Morgan fingerprint density at radius 1 is 1.03 bits per heavy atom. The zero-order valence-corrected chi connectivity index (χ0v) is 19.0. The molecule has 2 amide bonds. The SMILES string of the molecule is CN1C(=O)CC[C@@]2(C)C1CC[C@@H]1[C@H]2CC[C@]2(C)C(NC(=O)c3ccccc3F)CC[C@@H]12. The van der Waals surface area contributed by atoms with E-state index >= 15 is 0 Å². The van der Waals surface area contributed by atoms with Crippen molar-refractivity contribution in [2.75, 3.05) is 7.05 Å². The van der Waals surface area contributed by atoms with Gasteiger partial charge in [-0.1, -0.05) is 26.0 Å². The maximum Gasteiger partial charge on any atom is 0.254 e. The van der Waals surface area contributed by atoms with Crippen LogP contribution in [0.4, 0.5) is 4.39 Å². The van der Waals surface area contributed by atoms with Crippen molar-refractivity contribution in [3.05, 3.63) is 35.6 Å². The third-order valence-electron chi connectivity index (χ3n) is 9.98. The van der Waals surface area contributed by atoms with Crippen LogP contribution in [0.1, 0.15) is 75.6 Å². The molecule has 4 aliphatic rings. The molecule has 1 aliphatic heterocycles. The number of amides is 2. The van der Waals surface area contributed by atoms with Gasteiger partial charge in [0.05, 0.1) is 5.56 Å². The highest BCUT2D eigenvalue weighted by Crippen LogP contribution is 2.64. The van der Waals surface area contributed by atoms with Crippen LogP contribution in [-0.2, 0) is 4.79 Å². The zero-order chi connectivity index (χ0) is 22.0. The summed E-state index contributed by atoms with van der Waals surface area (Å²) in [5, 5.41) is 3.22. The minimum Gasteiger partial charge on any atom is -0.349 e. The van der Waals surface area contributed by atoms with Crippen LogP contribution in [0.25, 0.3) is 0 Å². The Labute approximate surface area is 185 Å². The molecule has 168 valence electrons. The molecule has 3 saturated carbocycles. The lowest BCUT2D eigenvalue weighted by Crippen LogP contribution is -2.62. The van der Waals surface area contributed by atoms with Gasteiger partial charge in [0.1, 0.15) is 5.82 Å². The summed E-state index contributed by atoms with van der Waals surface area (Å²) in [6, 6.07) is 6.73. The molecule has 0 spiro atoms. The lowest BCUT2D eigenvalue weighted by molar-refractivity contribution is -0.157. The summed E-state index contributed by atoms with van der Waals surface area (Å²) in [6.45, 7) is 4.80. The van der Waals surface area contributed by atoms with Crippen LogP contribution in [0.2, 0.25) is 0 Å². The van der Waals surface area contributed by atoms with Gasteiger partial charge in [-0.15, -0.1) is 0 Å². The molecule has 1 heterocycles. The van der Waals surface area contributed by atoms with E-state index in [4.69, 9.17) is 0 Å². The Morgan fingerprint density at radius 2 is 1.77 bits per heavy atom. The second-order valence-electron chi connectivity index (χ2n) is 11.1. The van der Waals surface area contributed by atoms with Gasteiger partial charge in [0.2, 0.25) is 5.91 Å². The number of piperidine rings is 1. The van der Waals surface area contributed by atoms with Gasteiger partial charge < -0.3 is 10.2 Å². The number of benzene rings is 1. The van der Waals surface area contributed by atoms with Gasteiger partial charge in [-0.2, -0.15) is 0 Å². The number of nitrogens with zero attached hydrogens (tertiary/aromatic N) is 1. The van der Waals surface area contributed by atoms with Gasteiger partial charge in [-0.05, 0) is 85.7 Å². The number of rotatable bonds is 2. The van der Waals surface area contributed by atoms with Crippen molar-refractivity contribution in [3.63, 3.8) is 0 Å². The minimum atomic E-state index is -0.453. The van der Waals surface area contributed by atoms with Crippen LogP contribution in [0.5, 0.6) is 0 Å². The molecule has 5 heteroatoms. The van der Waals surface area contributed by atoms with E-state index < -0.39 is 5.82 Å². The highest BCUT2D eigenvalue weighted by atomic mass is 19.1. The van der Waals surface area contributed by atoms with Crippen molar-refractivity contribution in [1.82, 2.24) is 10.2 Å². The van der Waals surface area contributed by atoms with Crippen molar-refractivity contribution in [1.29, 1.82) is 0 Å². The Kier molecular flexibility index (Phi) is 4.95. The summed E-state index contributed by atoms with van der Waals surface area (Å²) >= 11 is 0. The standard InChI is InChI=1S/C26H35FN2O2/c1-25-14-12-19-16(8-11-22-26(19,2)15-13-23(30)29(22)3)18(25)9-10-21(25)28-24(31)17-6-4-5-7-20(17)27/h4-7,16,18-19,21-22H,8-15H2,1-3H3,(H,28,31)/t16-,18-,19+,21?,22?,25-,26+/m0/s1. The molecule has 7 atom stereocenters. The highest BCUT2D eigenvalue weighted by Gasteiger charge is 2.61. The molecule has 31 heavy (non-hydrogen) atoms.